The van der Waals surface area contributed by atoms with Gasteiger partial charge in [-0.1, -0.05) is 0 Å². The topological polar surface area (TPSA) is 61.3 Å². The molecule has 0 fully saturated rings. The van der Waals surface area contributed by atoms with Crippen molar-refractivity contribution in [2.24, 2.45) is 0 Å². The molecule has 1 heterocycles. The van der Waals surface area contributed by atoms with Crippen LogP contribution in [0.15, 0.2) is 22.6 Å². The molecule has 2 rings (SSSR count). The number of fused-ring (bicyclic) bond motifs is 1. The van der Waals surface area contributed by atoms with E-state index in [1.54, 1.807) is 12.1 Å². The third kappa shape index (κ3) is 1.70. The summed E-state index contributed by atoms with van der Waals surface area (Å²) in [5, 5.41) is 0. The first-order chi connectivity index (χ1) is 6.79. The molecule has 0 spiro atoms. The molecule has 1 aromatic heterocycles. The number of nitrogen functional groups attached to an aromatic ring is 1. The molecule has 2 N–H and O–H groups in total. The lowest BCUT2D eigenvalue weighted by atomic mass is 10.3. The van der Waals surface area contributed by atoms with Gasteiger partial charge in [0.2, 0.25) is 5.89 Å². The highest BCUT2D eigenvalue weighted by molar-refractivity contribution is 5.76. The van der Waals surface area contributed by atoms with Gasteiger partial charge in [0.1, 0.15) is 12.1 Å². The fraction of sp³-hybridized carbons (Fsp3) is 0.300. The fourth-order valence-electron chi connectivity index (χ4n) is 1.24. The number of oxazole rings is 1. The maximum atomic E-state index is 5.61. The molecular formula is C10H12N2O2. The molecule has 0 radical (unpaired) electrons. The zero-order valence-electron chi connectivity index (χ0n) is 7.99. The summed E-state index contributed by atoms with van der Waals surface area (Å²) < 4.78 is 10.6. The Hall–Kier alpha value is -1.55. The molecule has 14 heavy (non-hydrogen) atoms. The van der Waals surface area contributed by atoms with Crippen LogP contribution in [-0.2, 0) is 11.3 Å². The van der Waals surface area contributed by atoms with Gasteiger partial charge in [0, 0.05) is 18.4 Å². The van der Waals surface area contributed by atoms with Gasteiger partial charge in [-0.05, 0) is 19.1 Å². The van der Waals surface area contributed by atoms with Crippen molar-refractivity contribution in [3.63, 3.8) is 0 Å². The molecule has 0 saturated carbocycles. The third-order valence-electron chi connectivity index (χ3n) is 1.89. The van der Waals surface area contributed by atoms with Crippen LogP contribution >= 0.6 is 0 Å². The fourth-order valence-corrected chi connectivity index (χ4v) is 1.24. The van der Waals surface area contributed by atoms with Crippen LogP contribution in [0.1, 0.15) is 12.8 Å². The largest absolute Gasteiger partial charge is 0.438 e. The summed E-state index contributed by atoms with van der Waals surface area (Å²) in [6.07, 6.45) is 0. The summed E-state index contributed by atoms with van der Waals surface area (Å²) >= 11 is 0. The van der Waals surface area contributed by atoms with Crippen LogP contribution in [0.25, 0.3) is 11.1 Å². The Morgan fingerprint density at radius 1 is 1.50 bits per heavy atom. The third-order valence-corrected chi connectivity index (χ3v) is 1.89. The second-order valence-electron chi connectivity index (χ2n) is 2.97. The first kappa shape index (κ1) is 9.02. The Morgan fingerprint density at radius 2 is 2.36 bits per heavy atom. The SMILES string of the molecule is CCOCc1nc2ccc(N)cc2o1. The maximum absolute atomic E-state index is 5.61. The average molecular weight is 192 g/mol. The molecule has 0 unspecified atom stereocenters. The van der Waals surface area contributed by atoms with E-state index in [-0.39, 0.29) is 0 Å². The van der Waals surface area contributed by atoms with E-state index in [0.29, 0.717) is 30.4 Å². The van der Waals surface area contributed by atoms with Crippen LogP contribution in [0.3, 0.4) is 0 Å². The van der Waals surface area contributed by atoms with Crippen molar-refractivity contribution < 1.29 is 9.15 Å². The normalized spacial score (nSPS) is 10.9. The summed E-state index contributed by atoms with van der Waals surface area (Å²) in [4.78, 5) is 4.24. The van der Waals surface area contributed by atoms with Crippen molar-refractivity contribution in [2.75, 3.05) is 12.3 Å². The number of nitrogens with zero attached hydrogens (tertiary/aromatic N) is 1. The minimum Gasteiger partial charge on any atom is -0.438 e. The first-order valence-electron chi connectivity index (χ1n) is 4.52. The van der Waals surface area contributed by atoms with Crippen LogP contribution in [0, 0.1) is 0 Å². The van der Waals surface area contributed by atoms with Gasteiger partial charge in [-0.15, -0.1) is 0 Å². The van der Waals surface area contributed by atoms with E-state index in [1.165, 1.54) is 0 Å². The summed E-state index contributed by atoms with van der Waals surface area (Å²) in [5.74, 6) is 0.590. The van der Waals surface area contributed by atoms with E-state index in [0.717, 1.165) is 5.52 Å². The van der Waals surface area contributed by atoms with Gasteiger partial charge < -0.3 is 14.9 Å². The molecule has 0 atom stereocenters. The van der Waals surface area contributed by atoms with Crippen LogP contribution < -0.4 is 5.73 Å². The zero-order chi connectivity index (χ0) is 9.97. The lowest BCUT2D eigenvalue weighted by molar-refractivity contribution is 0.116. The minimum absolute atomic E-state index is 0.408. The molecule has 0 saturated heterocycles. The van der Waals surface area contributed by atoms with Gasteiger partial charge in [0.15, 0.2) is 5.58 Å². The predicted octanol–water partition coefficient (Wildman–Crippen LogP) is 1.95. The van der Waals surface area contributed by atoms with E-state index in [4.69, 9.17) is 14.9 Å². The summed E-state index contributed by atoms with van der Waals surface area (Å²) in [5.41, 5.74) is 7.81. The molecule has 4 nitrogen and oxygen atoms in total. The van der Waals surface area contributed by atoms with Gasteiger partial charge >= 0.3 is 0 Å². The number of nitrogens with two attached hydrogens (primary N) is 1. The molecule has 0 amide bonds. The lowest BCUT2D eigenvalue weighted by Crippen LogP contribution is -1.90. The molecule has 1 aromatic carbocycles. The quantitative estimate of drug-likeness (QED) is 0.755. The Morgan fingerprint density at radius 3 is 3.14 bits per heavy atom. The Labute approximate surface area is 81.7 Å². The monoisotopic (exact) mass is 192 g/mol. The van der Waals surface area contributed by atoms with Crippen LogP contribution in [0.4, 0.5) is 5.69 Å². The van der Waals surface area contributed by atoms with E-state index < -0.39 is 0 Å². The molecule has 4 heteroatoms. The van der Waals surface area contributed by atoms with E-state index in [2.05, 4.69) is 4.98 Å². The van der Waals surface area contributed by atoms with E-state index in [1.807, 2.05) is 13.0 Å². The summed E-state index contributed by atoms with van der Waals surface area (Å²) in [6, 6.07) is 5.40. The van der Waals surface area contributed by atoms with Gasteiger partial charge in [-0.25, -0.2) is 4.98 Å². The summed E-state index contributed by atoms with van der Waals surface area (Å²) in [7, 11) is 0. The Bertz CT molecular complexity index is 437. The van der Waals surface area contributed by atoms with Gasteiger partial charge in [0.25, 0.3) is 0 Å². The highest BCUT2D eigenvalue weighted by atomic mass is 16.5. The average Bonchev–Trinajstić information content (AvgIpc) is 2.56. The molecular weight excluding hydrogens is 180 g/mol. The minimum atomic E-state index is 0.408. The van der Waals surface area contributed by atoms with Crippen molar-refractivity contribution in [3.8, 4) is 0 Å². The summed E-state index contributed by atoms with van der Waals surface area (Å²) in [6.45, 7) is 2.99. The number of anilines is 1. The second-order valence-corrected chi connectivity index (χ2v) is 2.97. The number of aromatic nitrogens is 1. The zero-order valence-corrected chi connectivity index (χ0v) is 7.99. The number of hydrogen-bond donors (Lipinski definition) is 1. The number of rotatable bonds is 3. The number of benzene rings is 1. The maximum Gasteiger partial charge on any atom is 0.221 e. The van der Waals surface area contributed by atoms with E-state index in [9.17, 15) is 0 Å². The molecule has 2 aromatic rings. The van der Waals surface area contributed by atoms with Crippen molar-refractivity contribution in [1.82, 2.24) is 4.98 Å². The van der Waals surface area contributed by atoms with Crippen molar-refractivity contribution in [3.05, 3.63) is 24.1 Å². The van der Waals surface area contributed by atoms with Crippen LogP contribution in [0.2, 0.25) is 0 Å². The first-order valence-corrected chi connectivity index (χ1v) is 4.52. The van der Waals surface area contributed by atoms with Crippen molar-refractivity contribution in [2.45, 2.75) is 13.5 Å². The molecule has 0 aliphatic heterocycles. The van der Waals surface area contributed by atoms with E-state index >= 15 is 0 Å². The standard InChI is InChI=1S/C10H12N2O2/c1-2-13-6-10-12-8-4-3-7(11)5-9(8)14-10/h3-5H,2,6,11H2,1H3. The lowest BCUT2D eigenvalue weighted by Gasteiger charge is -1.93. The Kier molecular flexibility index (Phi) is 2.37. The molecule has 0 bridgehead atoms. The number of hydrogen-bond acceptors (Lipinski definition) is 4. The van der Waals surface area contributed by atoms with Gasteiger partial charge in [0.05, 0.1) is 0 Å². The van der Waals surface area contributed by atoms with Crippen LogP contribution in [0.5, 0.6) is 0 Å². The second kappa shape index (κ2) is 3.67. The molecule has 0 aliphatic carbocycles. The van der Waals surface area contributed by atoms with Gasteiger partial charge in [-0.2, -0.15) is 0 Å². The Balaban J connectivity index is 2.32. The van der Waals surface area contributed by atoms with Gasteiger partial charge in [-0.3, -0.25) is 0 Å². The predicted molar refractivity (Wildman–Crippen MR) is 53.8 cm³/mol. The highest BCUT2D eigenvalue weighted by Gasteiger charge is 2.04. The van der Waals surface area contributed by atoms with Crippen molar-refractivity contribution >= 4 is 16.8 Å². The molecule has 74 valence electrons. The number of ether oxygens (including phenoxy) is 1. The smallest absolute Gasteiger partial charge is 0.221 e. The van der Waals surface area contributed by atoms with Crippen molar-refractivity contribution in [1.29, 1.82) is 0 Å². The van der Waals surface area contributed by atoms with Crippen LogP contribution in [-0.4, -0.2) is 11.6 Å². The molecule has 0 aliphatic rings. The highest BCUT2D eigenvalue weighted by Crippen LogP contribution is 2.18.